The van der Waals surface area contributed by atoms with Gasteiger partial charge in [0.1, 0.15) is 19.8 Å². The fourth-order valence-corrected chi connectivity index (χ4v) is 2.65. The average Bonchev–Trinajstić information content (AvgIpc) is 2.40. The summed E-state index contributed by atoms with van der Waals surface area (Å²) in [6, 6.07) is 0. The van der Waals surface area contributed by atoms with Gasteiger partial charge in [-0.1, -0.05) is 19.8 Å². The smallest absolute Gasteiger partial charge is 0.147 e. The van der Waals surface area contributed by atoms with Crippen molar-refractivity contribution in [1.29, 1.82) is 0 Å². The maximum atomic E-state index is 4.16. The van der Waals surface area contributed by atoms with Gasteiger partial charge < -0.3 is 4.48 Å². The Balaban J connectivity index is 3.72. The molecule has 0 atom stereocenters. The Morgan fingerprint density at radius 3 is 1.83 bits per heavy atom. The van der Waals surface area contributed by atoms with Gasteiger partial charge in [0.15, 0.2) is 0 Å². The lowest BCUT2D eigenvalue weighted by Crippen LogP contribution is -2.48. The highest BCUT2D eigenvalue weighted by Crippen LogP contribution is 2.07. The Bertz CT molecular complexity index is 199. The van der Waals surface area contributed by atoms with Gasteiger partial charge in [-0.05, 0) is 27.2 Å². The van der Waals surface area contributed by atoms with Crippen molar-refractivity contribution in [2.75, 3.05) is 39.3 Å². The van der Waals surface area contributed by atoms with Gasteiger partial charge in [-0.25, -0.2) is 4.58 Å². The van der Waals surface area contributed by atoms with Crippen LogP contribution in [0.5, 0.6) is 0 Å². The highest BCUT2D eigenvalue weighted by molar-refractivity contribution is 5.14. The first kappa shape index (κ1) is 17.6. The first-order valence-electron chi connectivity index (χ1n) is 8.04. The Morgan fingerprint density at radius 1 is 0.778 bits per heavy atom. The summed E-state index contributed by atoms with van der Waals surface area (Å²) in [5.74, 6) is 0. The predicted octanol–water partition coefficient (Wildman–Crippen LogP) is 3.55. The minimum atomic E-state index is 1.16. The molecule has 0 bridgehead atoms. The molecule has 18 heavy (non-hydrogen) atoms. The molecule has 0 aromatic carbocycles. The van der Waals surface area contributed by atoms with E-state index in [9.17, 15) is 0 Å². The zero-order valence-corrected chi connectivity index (χ0v) is 13.4. The van der Waals surface area contributed by atoms with Crippen LogP contribution in [0.25, 0.3) is 0 Å². The molecule has 0 aromatic rings. The molecule has 0 rings (SSSR count). The van der Waals surface area contributed by atoms with E-state index in [2.05, 4.69) is 39.0 Å². The van der Waals surface area contributed by atoms with Crippen molar-refractivity contribution in [3.05, 3.63) is 0 Å². The molecule has 0 aliphatic carbocycles. The lowest BCUT2D eigenvalue weighted by molar-refractivity contribution is -0.924. The molecule has 0 aliphatic rings. The number of rotatable bonds is 12. The topological polar surface area (TPSA) is 3.01 Å². The first-order chi connectivity index (χ1) is 8.64. The van der Waals surface area contributed by atoms with E-state index in [4.69, 9.17) is 0 Å². The van der Waals surface area contributed by atoms with Gasteiger partial charge >= 0.3 is 0 Å². The number of hydrogen-bond donors (Lipinski definition) is 0. The molecule has 0 radical (unpaired) electrons. The van der Waals surface area contributed by atoms with Gasteiger partial charge in [-0.3, -0.25) is 0 Å². The van der Waals surface area contributed by atoms with Crippen LogP contribution in [0, 0.1) is 0 Å². The molecule has 2 heteroatoms. The van der Waals surface area contributed by atoms with E-state index in [1.807, 2.05) is 0 Å². The summed E-state index contributed by atoms with van der Waals surface area (Å²) in [6.07, 6.45) is 6.65. The van der Waals surface area contributed by atoms with E-state index in [0.717, 1.165) is 6.54 Å². The van der Waals surface area contributed by atoms with E-state index < -0.39 is 0 Å². The molecule has 0 saturated heterocycles. The third-order valence-electron chi connectivity index (χ3n) is 4.45. The number of quaternary nitrogens is 1. The van der Waals surface area contributed by atoms with E-state index in [1.54, 1.807) is 0 Å². The third kappa shape index (κ3) is 7.15. The Labute approximate surface area is 115 Å². The fourth-order valence-electron chi connectivity index (χ4n) is 2.65. The van der Waals surface area contributed by atoms with Crippen molar-refractivity contribution in [3.63, 3.8) is 0 Å². The largest absolute Gasteiger partial charge is 0.324 e. The number of nitrogens with zero attached hydrogens (tertiary/aromatic N) is 2. The third-order valence-corrected chi connectivity index (χ3v) is 4.45. The van der Waals surface area contributed by atoms with Crippen LogP contribution < -0.4 is 0 Å². The normalized spacial score (nSPS) is 11.8. The van der Waals surface area contributed by atoms with E-state index in [0.29, 0.717) is 0 Å². The molecule has 0 spiro atoms. The van der Waals surface area contributed by atoms with Gasteiger partial charge in [0.25, 0.3) is 0 Å². The monoisotopic (exact) mass is 256 g/mol. The van der Waals surface area contributed by atoms with Crippen LogP contribution in [0.2, 0.25) is 0 Å². The molecule has 0 N–H and O–H groups in total. The fraction of sp³-hybridized carbons (Fsp3) is 0.938. The van der Waals surface area contributed by atoms with Crippen molar-refractivity contribution < 1.29 is 9.06 Å². The zero-order chi connectivity index (χ0) is 13.9. The standard InChI is InChI=1S/C16H36N2/c1-6-10-11-12-14-17(5)15-13-16-18(7-2,8-3)9-4/h5-16H2,1-4H3/q+2. The SMILES string of the molecule is C=[N+](CCCCCC)CCC[N+](CC)(CC)CC. The molecule has 0 fully saturated rings. The maximum absolute atomic E-state index is 4.16. The minimum Gasteiger partial charge on any atom is -0.324 e. The van der Waals surface area contributed by atoms with Crippen molar-refractivity contribution in [2.45, 2.75) is 59.8 Å². The van der Waals surface area contributed by atoms with E-state index in [-0.39, 0.29) is 0 Å². The highest BCUT2D eigenvalue weighted by atomic mass is 15.3. The lowest BCUT2D eigenvalue weighted by Gasteiger charge is -2.35. The summed E-state index contributed by atoms with van der Waals surface area (Å²) in [5.41, 5.74) is 0. The molecule has 0 heterocycles. The molecule has 0 aliphatic heterocycles. The molecule has 2 nitrogen and oxygen atoms in total. The van der Waals surface area contributed by atoms with Crippen molar-refractivity contribution in [2.24, 2.45) is 0 Å². The van der Waals surface area contributed by atoms with Crippen LogP contribution in [-0.2, 0) is 0 Å². The van der Waals surface area contributed by atoms with Crippen LogP contribution in [0.1, 0.15) is 59.8 Å². The molecule has 108 valence electrons. The first-order valence-corrected chi connectivity index (χ1v) is 8.04. The Morgan fingerprint density at radius 2 is 1.33 bits per heavy atom. The summed E-state index contributed by atoms with van der Waals surface area (Å²) in [6.45, 7) is 20.8. The molecule has 0 aromatic heterocycles. The lowest BCUT2D eigenvalue weighted by atomic mass is 10.2. The van der Waals surface area contributed by atoms with Crippen molar-refractivity contribution in [3.8, 4) is 0 Å². The van der Waals surface area contributed by atoms with Gasteiger partial charge in [0.05, 0.1) is 32.6 Å². The van der Waals surface area contributed by atoms with Gasteiger partial charge in [0, 0.05) is 6.42 Å². The zero-order valence-electron chi connectivity index (χ0n) is 13.4. The molecule has 0 amide bonds. The van der Waals surface area contributed by atoms with Crippen LogP contribution in [0.3, 0.4) is 0 Å². The van der Waals surface area contributed by atoms with Gasteiger partial charge in [-0.15, -0.1) is 0 Å². The summed E-state index contributed by atoms with van der Waals surface area (Å²) in [7, 11) is 0. The predicted molar refractivity (Wildman–Crippen MR) is 82.6 cm³/mol. The Hall–Kier alpha value is -0.370. The summed E-state index contributed by atoms with van der Waals surface area (Å²) >= 11 is 0. The Kier molecular flexibility index (Phi) is 10.3. The van der Waals surface area contributed by atoms with Crippen LogP contribution in [0.15, 0.2) is 0 Å². The quantitative estimate of drug-likeness (QED) is 0.217. The average molecular weight is 256 g/mol. The van der Waals surface area contributed by atoms with E-state index in [1.165, 1.54) is 69.3 Å². The minimum absolute atomic E-state index is 1.16. The molecular weight excluding hydrogens is 220 g/mol. The molecular formula is C16H36N2+2. The van der Waals surface area contributed by atoms with Gasteiger partial charge in [-0.2, -0.15) is 0 Å². The maximum Gasteiger partial charge on any atom is 0.147 e. The summed E-state index contributed by atoms with van der Waals surface area (Å²) in [5, 5.41) is 0. The number of unbranched alkanes of at least 4 members (excludes halogenated alkanes) is 3. The van der Waals surface area contributed by atoms with Crippen LogP contribution in [-0.4, -0.2) is 55.0 Å². The van der Waals surface area contributed by atoms with Gasteiger partial charge in [0.2, 0.25) is 0 Å². The van der Waals surface area contributed by atoms with E-state index >= 15 is 0 Å². The van der Waals surface area contributed by atoms with Crippen molar-refractivity contribution >= 4 is 6.72 Å². The number of hydrogen-bond acceptors (Lipinski definition) is 0. The van der Waals surface area contributed by atoms with Crippen molar-refractivity contribution in [1.82, 2.24) is 0 Å². The molecule has 0 unspecified atom stereocenters. The second-order valence-electron chi connectivity index (χ2n) is 5.55. The molecule has 0 saturated carbocycles. The second-order valence-corrected chi connectivity index (χ2v) is 5.55. The van der Waals surface area contributed by atoms with Crippen LogP contribution >= 0.6 is 0 Å². The van der Waals surface area contributed by atoms with Crippen LogP contribution in [0.4, 0.5) is 0 Å². The second kappa shape index (κ2) is 10.5. The summed E-state index contributed by atoms with van der Waals surface area (Å²) in [4.78, 5) is 0. The highest BCUT2D eigenvalue weighted by Gasteiger charge is 2.20. The summed E-state index contributed by atoms with van der Waals surface area (Å²) < 4.78 is 3.54.